The van der Waals surface area contributed by atoms with Gasteiger partial charge in [0.1, 0.15) is 11.8 Å². The molecule has 6 nitrogen and oxygen atoms in total. The molecule has 2 amide bonds. The van der Waals surface area contributed by atoms with Crippen LogP contribution in [0.5, 0.6) is 5.75 Å². The van der Waals surface area contributed by atoms with Crippen LogP contribution >= 0.6 is 12.4 Å². The number of hydrogen-bond donors (Lipinski definition) is 2. The zero-order chi connectivity index (χ0) is 19.8. The van der Waals surface area contributed by atoms with E-state index in [-0.39, 0.29) is 35.7 Å². The molecule has 0 spiro atoms. The Morgan fingerprint density at radius 1 is 1.36 bits per heavy atom. The van der Waals surface area contributed by atoms with E-state index in [2.05, 4.69) is 17.0 Å². The molecule has 1 aromatic rings. The number of nitrogens with one attached hydrogen (secondary N) is 1. The van der Waals surface area contributed by atoms with Crippen molar-refractivity contribution in [3.63, 3.8) is 0 Å². The zero-order valence-corrected chi connectivity index (χ0v) is 16.7. The van der Waals surface area contributed by atoms with Crippen LogP contribution in [0.1, 0.15) is 49.4 Å². The molecule has 1 heterocycles. The third-order valence-corrected chi connectivity index (χ3v) is 4.69. The van der Waals surface area contributed by atoms with Crippen molar-refractivity contribution in [2.75, 3.05) is 13.1 Å². The summed E-state index contributed by atoms with van der Waals surface area (Å²) in [6.07, 6.45) is 3.93. The van der Waals surface area contributed by atoms with Gasteiger partial charge in [0.2, 0.25) is 5.91 Å². The van der Waals surface area contributed by atoms with Crippen LogP contribution in [0.25, 0.3) is 0 Å². The lowest BCUT2D eigenvalue weighted by Gasteiger charge is -2.27. The molecule has 158 valence electrons. The SMILES string of the molecule is CCCCC(CN)NC(=O)C1CCCN1C(=O)c1ccccc1OC(F)F.Cl. The molecule has 0 aromatic heterocycles. The van der Waals surface area contributed by atoms with Crippen LogP contribution < -0.4 is 15.8 Å². The van der Waals surface area contributed by atoms with Crippen LogP contribution in [-0.4, -0.2) is 48.5 Å². The van der Waals surface area contributed by atoms with E-state index in [1.54, 1.807) is 6.07 Å². The second kappa shape index (κ2) is 11.8. The van der Waals surface area contributed by atoms with E-state index in [9.17, 15) is 18.4 Å². The highest BCUT2D eigenvalue weighted by Gasteiger charge is 2.36. The molecule has 9 heteroatoms. The molecular formula is C19H28ClF2N3O3. The Balaban J connectivity index is 0.00000392. The van der Waals surface area contributed by atoms with Gasteiger partial charge in [0, 0.05) is 19.1 Å². The average molecular weight is 420 g/mol. The number of carbonyl (C=O) groups is 2. The molecule has 0 saturated carbocycles. The third kappa shape index (κ3) is 6.31. The highest BCUT2D eigenvalue weighted by atomic mass is 35.5. The zero-order valence-electron chi connectivity index (χ0n) is 15.9. The van der Waals surface area contributed by atoms with Gasteiger partial charge < -0.3 is 20.7 Å². The van der Waals surface area contributed by atoms with Gasteiger partial charge in [-0.15, -0.1) is 12.4 Å². The second-order valence-electron chi connectivity index (χ2n) is 6.61. The highest BCUT2D eigenvalue weighted by Crippen LogP contribution is 2.26. The second-order valence-corrected chi connectivity index (χ2v) is 6.61. The fourth-order valence-electron chi connectivity index (χ4n) is 3.28. The molecule has 0 radical (unpaired) electrons. The minimum absolute atomic E-state index is 0. The van der Waals surface area contributed by atoms with Crippen molar-refractivity contribution in [2.24, 2.45) is 5.73 Å². The van der Waals surface area contributed by atoms with E-state index in [1.165, 1.54) is 23.1 Å². The maximum atomic E-state index is 12.9. The fourth-order valence-corrected chi connectivity index (χ4v) is 3.28. The minimum atomic E-state index is -3.03. The maximum absolute atomic E-state index is 12.9. The smallest absolute Gasteiger partial charge is 0.387 e. The van der Waals surface area contributed by atoms with Crippen LogP contribution in [0.2, 0.25) is 0 Å². The Kier molecular flexibility index (Phi) is 10.2. The summed E-state index contributed by atoms with van der Waals surface area (Å²) in [4.78, 5) is 27.0. The predicted octanol–water partition coefficient (Wildman–Crippen LogP) is 2.95. The normalized spacial score (nSPS) is 17.2. The van der Waals surface area contributed by atoms with Gasteiger partial charge in [-0.3, -0.25) is 9.59 Å². The molecule has 1 saturated heterocycles. The third-order valence-electron chi connectivity index (χ3n) is 4.69. The number of halogens is 3. The monoisotopic (exact) mass is 419 g/mol. The topological polar surface area (TPSA) is 84.7 Å². The largest absolute Gasteiger partial charge is 0.434 e. The molecule has 1 fully saturated rings. The van der Waals surface area contributed by atoms with Crippen molar-refractivity contribution in [3.05, 3.63) is 29.8 Å². The number of unbranched alkanes of at least 4 members (excludes halogenated alkanes) is 1. The van der Waals surface area contributed by atoms with Gasteiger partial charge in [0.25, 0.3) is 5.91 Å². The van der Waals surface area contributed by atoms with E-state index in [1.807, 2.05) is 0 Å². The number of nitrogens with zero attached hydrogens (tertiary/aromatic N) is 1. The van der Waals surface area contributed by atoms with Crippen molar-refractivity contribution < 1.29 is 23.1 Å². The first kappa shape index (κ1) is 24.1. The lowest BCUT2D eigenvalue weighted by molar-refractivity contribution is -0.125. The predicted molar refractivity (Wildman–Crippen MR) is 105 cm³/mol. The lowest BCUT2D eigenvalue weighted by Crippen LogP contribution is -2.50. The van der Waals surface area contributed by atoms with Crippen LogP contribution in [0.4, 0.5) is 8.78 Å². The van der Waals surface area contributed by atoms with Gasteiger partial charge >= 0.3 is 6.61 Å². The van der Waals surface area contributed by atoms with Gasteiger partial charge in [0.15, 0.2) is 0 Å². The summed E-state index contributed by atoms with van der Waals surface area (Å²) in [6, 6.07) is 5.07. The van der Waals surface area contributed by atoms with Crippen LogP contribution in [0, 0.1) is 0 Å². The van der Waals surface area contributed by atoms with Gasteiger partial charge in [-0.05, 0) is 31.4 Å². The van der Waals surface area contributed by atoms with Crippen molar-refractivity contribution >= 4 is 24.2 Å². The number of amides is 2. The standard InChI is InChI=1S/C19H27F2N3O3.ClH/c1-2-3-7-13(12-22)23-17(25)15-9-6-11-24(15)18(26)14-8-4-5-10-16(14)27-19(20)21;/h4-5,8,10,13,15,19H,2-3,6-7,9,11-12,22H2,1H3,(H,23,25);1H. The Hall–Kier alpha value is -1.93. The van der Waals surface area contributed by atoms with Gasteiger partial charge in [0.05, 0.1) is 5.56 Å². The summed E-state index contributed by atoms with van der Waals surface area (Å²) >= 11 is 0. The summed E-state index contributed by atoms with van der Waals surface area (Å²) < 4.78 is 29.7. The quantitative estimate of drug-likeness (QED) is 0.644. The number of para-hydroxylation sites is 1. The van der Waals surface area contributed by atoms with Gasteiger partial charge in [-0.25, -0.2) is 0 Å². The molecule has 2 unspecified atom stereocenters. The lowest BCUT2D eigenvalue weighted by atomic mass is 10.1. The molecule has 3 N–H and O–H groups in total. The number of alkyl halides is 2. The van der Waals surface area contributed by atoms with E-state index in [4.69, 9.17) is 5.73 Å². The molecule has 0 aliphatic carbocycles. The van der Waals surface area contributed by atoms with Crippen molar-refractivity contribution in [1.29, 1.82) is 0 Å². The minimum Gasteiger partial charge on any atom is -0.434 e. The molecule has 1 aromatic carbocycles. The summed E-state index contributed by atoms with van der Waals surface area (Å²) in [5.74, 6) is -0.923. The number of hydrogen-bond acceptors (Lipinski definition) is 4. The van der Waals surface area contributed by atoms with Crippen LogP contribution in [0.3, 0.4) is 0 Å². The first-order chi connectivity index (χ1) is 13.0. The molecule has 28 heavy (non-hydrogen) atoms. The number of ether oxygens (including phenoxy) is 1. The van der Waals surface area contributed by atoms with Gasteiger partial charge in [-0.2, -0.15) is 8.78 Å². The molecule has 2 rings (SSSR count). The number of nitrogens with two attached hydrogens (primary N) is 1. The highest BCUT2D eigenvalue weighted by molar-refractivity contribution is 6.00. The fraction of sp³-hybridized carbons (Fsp3) is 0.579. The number of likely N-dealkylation sites (tertiary alicyclic amines) is 1. The van der Waals surface area contributed by atoms with Gasteiger partial charge in [-0.1, -0.05) is 31.9 Å². The number of benzene rings is 1. The number of carbonyl (C=O) groups excluding carboxylic acids is 2. The number of rotatable bonds is 9. The first-order valence-corrected chi connectivity index (χ1v) is 9.33. The maximum Gasteiger partial charge on any atom is 0.387 e. The Morgan fingerprint density at radius 3 is 2.71 bits per heavy atom. The van der Waals surface area contributed by atoms with Crippen molar-refractivity contribution in [3.8, 4) is 5.75 Å². The van der Waals surface area contributed by atoms with Crippen molar-refractivity contribution in [2.45, 2.75) is 57.7 Å². The summed E-state index contributed by atoms with van der Waals surface area (Å²) in [7, 11) is 0. The molecule has 1 aliphatic rings. The van der Waals surface area contributed by atoms with E-state index >= 15 is 0 Å². The van der Waals surface area contributed by atoms with E-state index < -0.39 is 18.6 Å². The molecular weight excluding hydrogens is 392 g/mol. The summed E-state index contributed by atoms with van der Waals surface area (Å²) in [5.41, 5.74) is 5.76. The Bertz CT molecular complexity index is 649. The molecule has 0 bridgehead atoms. The summed E-state index contributed by atoms with van der Waals surface area (Å²) in [6.45, 7) is -0.244. The van der Waals surface area contributed by atoms with E-state index in [0.29, 0.717) is 25.9 Å². The summed E-state index contributed by atoms with van der Waals surface area (Å²) in [5, 5.41) is 2.92. The van der Waals surface area contributed by atoms with Crippen LogP contribution in [0.15, 0.2) is 24.3 Å². The van der Waals surface area contributed by atoms with Crippen molar-refractivity contribution in [1.82, 2.24) is 10.2 Å². The first-order valence-electron chi connectivity index (χ1n) is 9.33. The van der Waals surface area contributed by atoms with Crippen LogP contribution in [-0.2, 0) is 4.79 Å². The van der Waals surface area contributed by atoms with E-state index in [0.717, 1.165) is 19.3 Å². The average Bonchev–Trinajstić information content (AvgIpc) is 3.14. The molecule has 1 aliphatic heterocycles. The Labute approximate surface area is 170 Å². The molecule has 2 atom stereocenters. The Morgan fingerprint density at radius 2 is 2.07 bits per heavy atom.